The van der Waals surface area contributed by atoms with Crippen LogP contribution in [-0.4, -0.2) is 12.8 Å². The van der Waals surface area contributed by atoms with Crippen LogP contribution in [0.25, 0.3) is 0 Å². The summed E-state index contributed by atoms with van der Waals surface area (Å²) in [6.45, 7) is 1.91. The van der Waals surface area contributed by atoms with Crippen LogP contribution in [0.2, 0.25) is 0 Å². The standard InChI is InChI=1S/C9H18FO2P/c1-2-13(10,11)12-8-9-6-4-3-5-7-9/h9H,2-8H2,1H3. The molecule has 0 aromatic rings. The highest BCUT2D eigenvalue weighted by Gasteiger charge is 2.22. The molecule has 1 atom stereocenters. The molecule has 13 heavy (non-hydrogen) atoms. The zero-order chi connectivity index (χ0) is 9.73. The van der Waals surface area contributed by atoms with Gasteiger partial charge in [0.1, 0.15) is 0 Å². The fourth-order valence-corrected chi connectivity index (χ4v) is 2.28. The van der Waals surface area contributed by atoms with Crippen molar-refractivity contribution in [1.29, 1.82) is 0 Å². The van der Waals surface area contributed by atoms with Gasteiger partial charge in [-0.2, -0.15) is 4.20 Å². The van der Waals surface area contributed by atoms with E-state index in [0.29, 0.717) is 12.5 Å². The maximum atomic E-state index is 12.9. The van der Waals surface area contributed by atoms with Gasteiger partial charge in [-0.1, -0.05) is 26.2 Å². The van der Waals surface area contributed by atoms with Gasteiger partial charge < -0.3 is 4.52 Å². The van der Waals surface area contributed by atoms with Gasteiger partial charge in [0.2, 0.25) is 0 Å². The fraction of sp³-hybridized carbons (Fsp3) is 1.00. The quantitative estimate of drug-likeness (QED) is 0.657. The maximum absolute atomic E-state index is 12.9. The molecule has 4 heteroatoms. The van der Waals surface area contributed by atoms with Crippen molar-refractivity contribution in [1.82, 2.24) is 0 Å². The molecule has 1 aliphatic rings. The molecule has 1 unspecified atom stereocenters. The highest BCUT2D eigenvalue weighted by Crippen LogP contribution is 2.48. The summed E-state index contributed by atoms with van der Waals surface area (Å²) in [7, 11) is -3.74. The summed E-state index contributed by atoms with van der Waals surface area (Å²) in [5.74, 6) is 0.435. The molecule has 0 aromatic carbocycles. The second-order valence-corrected chi connectivity index (χ2v) is 5.78. The molecule has 1 rings (SSSR count). The molecule has 0 bridgehead atoms. The summed E-state index contributed by atoms with van der Waals surface area (Å²) in [6.07, 6.45) is 5.89. The Balaban J connectivity index is 2.21. The van der Waals surface area contributed by atoms with Crippen molar-refractivity contribution in [2.45, 2.75) is 39.0 Å². The summed E-state index contributed by atoms with van der Waals surface area (Å²) in [6, 6.07) is 0. The van der Waals surface area contributed by atoms with E-state index < -0.39 is 7.68 Å². The van der Waals surface area contributed by atoms with Crippen LogP contribution in [0.4, 0.5) is 4.20 Å². The molecule has 0 radical (unpaired) electrons. The first-order valence-electron chi connectivity index (χ1n) is 5.07. The highest BCUT2D eigenvalue weighted by molar-refractivity contribution is 7.53. The van der Waals surface area contributed by atoms with Crippen LogP contribution in [-0.2, 0) is 9.09 Å². The molecule has 0 spiro atoms. The molecule has 1 aliphatic carbocycles. The van der Waals surface area contributed by atoms with Crippen molar-refractivity contribution in [3.8, 4) is 0 Å². The summed E-state index contributed by atoms with van der Waals surface area (Å²) in [5.41, 5.74) is 0. The van der Waals surface area contributed by atoms with Crippen LogP contribution in [0.15, 0.2) is 0 Å². The summed E-state index contributed by atoms with van der Waals surface area (Å²) in [4.78, 5) is 0. The lowest BCUT2D eigenvalue weighted by atomic mass is 9.90. The van der Waals surface area contributed by atoms with Crippen LogP contribution >= 0.6 is 7.68 Å². The van der Waals surface area contributed by atoms with Gasteiger partial charge in [-0.05, 0) is 18.8 Å². The summed E-state index contributed by atoms with van der Waals surface area (Å²) < 4.78 is 28.7. The molecule has 0 heterocycles. The molecule has 1 fully saturated rings. The second kappa shape index (κ2) is 5.11. The average molecular weight is 208 g/mol. The van der Waals surface area contributed by atoms with E-state index in [2.05, 4.69) is 0 Å². The number of hydrogen-bond donors (Lipinski definition) is 0. The lowest BCUT2D eigenvalue weighted by Gasteiger charge is -2.21. The monoisotopic (exact) mass is 208 g/mol. The number of halogens is 1. The topological polar surface area (TPSA) is 26.3 Å². The van der Waals surface area contributed by atoms with Gasteiger partial charge >= 0.3 is 7.68 Å². The number of hydrogen-bond acceptors (Lipinski definition) is 2. The van der Waals surface area contributed by atoms with Crippen molar-refractivity contribution in [3.63, 3.8) is 0 Å². The lowest BCUT2D eigenvalue weighted by molar-refractivity contribution is 0.199. The van der Waals surface area contributed by atoms with Gasteiger partial charge in [-0.15, -0.1) is 0 Å². The molecule has 78 valence electrons. The van der Waals surface area contributed by atoms with Crippen molar-refractivity contribution < 1.29 is 13.3 Å². The van der Waals surface area contributed by atoms with Gasteiger partial charge in [-0.3, -0.25) is 4.57 Å². The normalized spacial score (nSPS) is 24.2. The minimum absolute atomic E-state index is 0.000278. The Morgan fingerprint density at radius 1 is 1.38 bits per heavy atom. The smallest absolute Gasteiger partial charge is 0.305 e. The van der Waals surface area contributed by atoms with E-state index in [1.54, 1.807) is 6.92 Å². The van der Waals surface area contributed by atoms with Gasteiger partial charge in [0.15, 0.2) is 0 Å². The van der Waals surface area contributed by atoms with Crippen LogP contribution in [0.3, 0.4) is 0 Å². The predicted octanol–water partition coefficient (Wildman–Crippen LogP) is 3.77. The van der Waals surface area contributed by atoms with E-state index in [-0.39, 0.29) is 6.16 Å². The van der Waals surface area contributed by atoms with Crippen LogP contribution in [0.5, 0.6) is 0 Å². The van der Waals surface area contributed by atoms with Gasteiger partial charge in [0.05, 0.1) is 12.8 Å². The molecule has 2 nitrogen and oxygen atoms in total. The lowest BCUT2D eigenvalue weighted by Crippen LogP contribution is -2.12. The van der Waals surface area contributed by atoms with Crippen molar-refractivity contribution >= 4 is 7.68 Å². The third kappa shape index (κ3) is 4.24. The van der Waals surface area contributed by atoms with E-state index in [1.165, 1.54) is 19.3 Å². The molecule has 0 N–H and O–H groups in total. The Labute approximate surface area is 79.4 Å². The summed E-state index contributed by atoms with van der Waals surface area (Å²) >= 11 is 0. The van der Waals surface area contributed by atoms with Crippen molar-refractivity contribution in [2.75, 3.05) is 12.8 Å². The first-order valence-corrected chi connectivity index (χ1v) is 6.77. The second-order valence-electron chi connectivity index (χ2n) is 3.71. The molecule has 0 amide bonds. The van der Waals surface area contributed by atoms with E-state index in [9.17, 15) is 8.76 Å². The van der Waals surface area contributed by atoms with Crippen LogP contribution in [0, 0.1) is 5.92 Å². The van der Waals surface area contributed by atoms with Crippen molar-refractivity contribution in [2.24, 2.45) is 5.92 Å². The molecule has 0 aromatic heterocycles. The third-order valence-corrected chi connectivity index (χ3v) is 3.90. The molecule has 0 aliphatic heterocycles. The molecular formula is C9H18FO2P. The van der Waals surface area contributed by atoms with Gasteiger partial charge in [-0.25, -0.2) is 0 Å². The van der Waals surface area contributed by atoms with E-state index in [1.807, 2.05) is 0 Å². The average Bonchev–Trinajstić information content (AvgIpc) is 2.17. The van der Waals surface area contributed by atoms with E-state index in [0.717, 1.165) is 12.8 Å². The maximum Gasteiger partial charge on any atom is 0.367 e. The zero-order valence-electron chi connectivity index (χ0n) is 8.17. The third-order valence-electron chi connectivity index (χ3n) is 2.61. The Kier molecular flexibility index (Phi) is 4.40. The van der Waals surface area contributed by atoms with Crippen LogP contribution < -0.4 is 0 Å². The first-order chi connectivity index (χ1) is 6.14. The first kappa shape index (κ1) is 11.2. The molecule has 1 saturated carbocycles. The van der Waals surface area contributed by atoms with Gasteiger partial charge in [0.25, 0.3) is 0 Å². The molecular weight excluding hydrogens is 190 g/mol. The van der Waals surface area contributed by atoms with E-state index >= 15 is 0 Å². The van der Waals surface area contributed by atoms with Crippen molar-refractivity contribution in [3.05, 3.63) is 0 Å². The Morgan fingerprint density at radius 3 is 2.54 bits per heavy atom. The molecule has 0 saturated heterocycles. The minimum atomic E-state index is -3.74. The minimum Gasteiger partial charge on any atom is -0.305 e. The largest absolute Gasteiger partial charge is 0.367 e. The predicted molar refractivity (Wildman–Crippen MR) is 51.8 cm³/mol. The SMILES string of the molecule is CCP(=O)(F)OCC1CCCCC1. The fourth-order valence-electron chi connectivity index (χ4n) is 1.66. The van der Waals surface area contributed by atoms with E-state index in [4.69, 9.17) is 4.52 Å². The Morgan fingerprint density at radius 2 is 2.00 bits per heavy atom. The van der Waals surface area contributed by atoms with Crippen LogP contribution in [0.1, 0.15) is 39.0 Å². The Hall–Kier alpha value is 0.120. The zero-order valence-corrected chi connectivity index (χ0v) is 9.06. The number of rotatable bonds is 4. The summed E-state index contributed by atoms with van der Waals surface area (Å²) in [5, 5.41) is 0. The Bertz CT molecular complexity index is 190. The highest BCUT2D eigenvalue weighted by atomic mass is 31.2. The van der Waals surface area contributed by atoms with Gasteiger partial charge in [0, 0.05) is 0 Å².